The maximum atomic E-state index is 10.9. The van der Waals surface area contributed by atoms with Crippen molar-refractivity contribution >= 4 is 5.82 Å². The number of anilines is 1. The first-order chi connectivity index (χ1) is 5.74. The van der Waals surface area contributed by atoms with Crippen molar-refractivity contribution in [2.45, 2.75) is 0 Å². The zero-order chi connectivity index (χ0) is 8.97. The van der Waals surface area contributed by atoms with Crippen LogP contribution in [-0.2, 0) is 0 Å². The van der Waals surface area contributed by atoms with E-state index in [9.17, 15) is 4.79 Å². The van der Waals surface area contributed by atoms with Crippen LogP contribution in [0.5, 0.6) is 0 Å². The Morgan fingerprint density at radius 3 is 3.17 bits per heavy atom. The molecule has 0 spiro atoms. The highest BCUT2D eigenvalue weighted by Gasteiger charge is 1.94. The Bertz CT molecular complexity index is 330. The SMILES string of the molecule is C=CCNc1ccn(N)c(=O)n1. The van der Waals surface area contributed by atoms with Gasteiger partial charge in [0, 0.05) is 12.7 Å². The van der Waals surface area contributed by atoms with Crippen LogP contribution >= 0.6 is 0 Å². The Kier molecular flexibility index (Phi) is 2.47. The fourth-order valence-electron chi connectivity index (χ4n) is 0.688. The lowest BCUT2D eigenvalue weighted by Crippen LogP contribution is -2.29. The monoisotopic (exact) mass is 166 g/mol. The molecule has 1 aromatic rings. The second-order valence-electron chi connectivity index (χ2n) is 2.17. The zero-order valence-electron chi connectivity index (χ0n) is 6.53. The average molecular weight is 166 g/mol. The topological polar surface area (TPSA) is 72.9 Å². The normalized spacial score (nSPS) is 9.33. The van der Waals surface area contributed by atoms with Crippen molar-refractivity contribution in [2.75, 3.05) is 17.7 Å². The number of hydrogen-bond donors (Lipinski definition) is 2. The number of hydrogen-bond acceptors (Lipinski definition) is 4. The van der Waals surface area contributed by atoms with Crippen molar-refractivity contribution in [3.8, 4) is 0 Å². The summed E-state index contributed by atoms with van der Waals surface area (Å²) in [5.41, 5.74) is -0.482. The molecular weight excluding hydrogens is 156 g/mol. The third-order valence-corrected chi connectivity index (χ3v) is 1.26. The van der Waals surface area contributed by atoms with E-state index in [0.717, 1.165) is 4.68 Å². The van der Waals surface area contributed by atoms with Gasteiger partial charge in [-0.05, 0) is 6.07 Å². The van der Waals surface area contributed by atoms with Gasteiger partial charge in [-0.1, -0.05) is 6.08 Å². The molecule has 0 fully saturated rings. The fourth-order valence-corrected chi connectivity index (χ4v) is 0.688. The molecule has 1 rings (SSSR count). The smallest absolute Gasteiger partial charge is 0.366 e. The second-order valence-corrected chi connectivity index (χ2v) is 2.17. The molecule has 0 unspecified atom stereocenters. The summed E-state index contributed by atoms with van der Waals surface area (Å²) in [6.07, 6.45) is 3.12. The number of aromatic nitrogens is 2. The number of rotatable bonds is 3. The molecule has 0 bridgehead atoms. The molecule has 0 saturated heterocycles. The van der Waals surface area contributed by atoms with Crippen LogP contribution in [0.4, 0.5) is 5.82 Å². The summed E-state index contributed by atoms with van der Waals surface area (Å²) in [4.78, 5) is 14.5. The number of nitrogen functional groups attached to an aromatic ring is 1. The Labute approximate surface area is 69.5 Å². The minimum absolute atomic E-state index is 0.482. The molecule has 3 N–H and O–H groups in total. The van der Waals surface area contributed by atoms with E-state index < -0.39 is 5.69 Å². The standard InChI is InChI=1S/C7H10N4O/c1-2-4-9-6-3-5-11(8)7(12)10-6/h2-3,5H,1,4,8H2,(H,9,10,12). The minimum Gasteiger partial charge on any atom is -0.366 e. The van der Waals surface area contributed by atoms with Gasteiger partial charge in [-0.25, -0.2) is 9.47 Å². The Morgan fingerprint density at radius 2 is 2.58 bits per heavy atom. The van der Waals surface area contributed by atoms with Crippen LogP contribution in [0.2, 0.25) is 0 Å². The highest BCUT2D eigenvalue weighted by atomic mass is 16.1. The fraction of sp³-hybridized carbons (Fsp3) is 0.143. The van der Waals surface area contributed by atoms with Gasteiger partial charge in [-0.2, -0.15) is 4.98 Å². The van der Waals surface area contributed by atoms with Gasteiger partial charge >= 0.3 is 5.69 Å². The van der Waals surface area contributed by atoms with E-state index in [0.29, 0.717) is 12.4 Å². The van der Waals surface area contributed by atoms with Gasteiger partial charge in [-0.3, -0.25) is 0 Å². The molecule has 12 heavy (non-hydrogen) atoms. The van der Waals surface area contributed by atoms with Gasteiger partial charge in [0.25, 0.3) is 0 Å². The average Bonchev–Trinajstić information content (AvgIpc) is 2.07. The van der Waals surface area contributed by atoms with Gasteiger partial charge in [0.15, 0.2) is 0 Å². The molecule has 0 saturated carbocycles. The van der Waals surface area contributed by atoms with Crippen LogP contribution in [-0.4, -0.2) is 16.2 Å². The predicted octanol–water partition coefficient (Wildman–Crippen LogP) is -0.445. The summed E-state index contributed by atoms with van der Waals surface area (Å²) in [6, 6.07) is 1.62. The minimum atomic E-state index is -0.482. The van der Waals surface area contributed by atoms with Gasteiger partial charge < -0.3 is 11.2 Å². The number of nitrogens with zero attached hydrogens (tertiary/aromatic N) is 2. The largest absolute Gasteiger partial charge is 0.367 e. The van der Waals surface area contributed by atoms with E-state index in [1.54, 1.807) is 12.1 Å². The van der Waals surface area contributed by atoms with E-state index in [2.05, 4.69) is 16.9 Å². The van der Waals surface area contributed by atoms with Crippen LogP contribution in [0.1, 0.15) is 0 Å². The summed E-state index contributed by atoms with van der Waals surface area (Å²) in [6.45, 7) is 4.09. The molecule has 1 aromatic heterocycles. The second kappa shape index (κ2) is 3.56. The van der Waals surface area contributed by atoms with Crippen molar-refractivity contribution in [3.63, 3.8) is 0 Å². The quantitative estimate of drug-likeness (QED) is 0.471. The third kappa shape index (κ3) is 1.85. The van der Waals surface area contributed by atoms with Crippen molar-refractivity contribution in [1.82, 2.24) is 9.66 Å². The lowest BCUT2D eigenvalue weighted by Gasteiger charge is -2.01. The van der Waals surface area contributed by atoms with E-state index in [4.69, 9.17) is 5.84 Å². The Morgan fingerprint density at radius 1 is 1.83 bits per heavy atom. The van der Waals surface area contributed by atoms with E-state index in [1.165, 1.54) is 6.20 Å². The highest BCUT2D eigenvalue weighted by molar-refractivity contribution is 5.32. The maximum Gasteiger partial charge on any atom is 0.367 e. The Hall–Kier alpha value is -1.78. The van der Waals surface area contributed by atoms with Gasteiger partial charge in [-0.15, -0.1) is 6.58 Å². The number of nitrogens with one attached hydrogen (secondary N) is 1. The Balaban J connectivity index is 2.82. The molecule has 0 amide bonds. The highest BCUT2D eigenvalue weighted by Crippen LogP contribution is 1.94. The summed E-state index contributed by atoms with van der Waals surface area (Å²) < 4.78 is 0.916. The first kappa shape index (κ1) is 8.32. The molecular formula is C7H10N4O. The summed E-state index contributed by atoms with van der Waals surface area (Å²) in [7, 11) is 0. The van der Waals surface area contributed by atoms with Crippen molar-refractivity contribution in [2.24, 2.45) is 0 Å². The molecule has 0 radical (unpaired) electrons. The molecule has 0 atom stereocenters. The molecule has 1 heterocycles. The maximum absolute atomic E-state index is 10.9. The summed E-state index contributed by atoms with van der Waals surface area (Å²) >= 11 is 0. The van der Waals surface area contributed by atoms with Gasteiger partial charge in [0.1, 0.15) is 5.82 Å². The zero-order valence-corrected chi connectivity index (χ0v) is 6.53. The molecule has 64 valence electrons. The van der Waals surface area contributed by atoms with E-state index in [1.807, 2.05) is 0 Å². The first-order valence-corrected chi connectivity index (χ1v) is 3.43. The summed E-state index contributed by atoms with van der Waals surface area (Å²) in [5, 5.41) is 2.86. The summed E-state index contributed by atoms with van der Waals surface area (Å²) in [5.74, 6) is 5.71. The van der Waals surface area contributed by atoms with Crippen molar-refractivity contribution < 1.29 is 0 Å². The molecule has 0 aromatic carbocycles. The lowest BCUT2D eigenvalue weighted by molar-refractivity contribution is 0.872. The lowest BCUT2D eigenvalue weighted by atomic mass is 10.5. The van der Waals surface area contributed by atoms with Crippen molar-refractivity contribution in [1.29, 1.82) is 0 Å². The van der Waals surface area contributed by atoms with Crippen LogP contribution in [0.15, 0.2) is 29.7 Å². The first-order valence-electron chi connectivity index (χ1n) is 3.43. The van der Waals surface area contributed by atoms with Crippen LogP contribution < -0.4 is 16.8 Å². The van der Waals surface area contributed by atoms with Gasteiger partial charge in [0.2, 0.25) is 0 Å². The molecule has 0 aliphatic rings. The third-order valence-electron chi connectivity index (χ3n) is 1.26. The molecule has 0 aliphatic heterocycles. The van der Waals surface area contributed by atoms with Crippen LogP contribution in [0, 0.1) is 0 Å². The van der Waals surface area contributed by atoms with Crippen LogP contribution in [0.25, 0.3) is 0 Å². The molecule has 5 nitrogen and oxygen atoms in total. The van der Waals surface area contributed by atoms with Crippen LogP contribution in [0.3, 0.4) is 0 Å². The molecule has 5 heteroatoms. The van der Waals surface area contributed by atoms with E-state index >= 15 is 0 Å². The number of nitrogens with two attached hydrogens (primary N) is 1. The molecule has 0 aliphatic carbocycles. The predicted molar refractivity (Wildman–Crippen MR) is 47.3 cm³/mol. The van der Waals surface area contributed by atoms with Gasteiger partial charge in [0.05, 0.1) is 0 Å². The van der Waals surface area contributed by atoms with E-state index in [-0.39, 0.29) is 0 Å². The van der Waals surface area contributed by atoms with Crippen molar-refractivity contribution in [3.05, 3.63) is 35.4 Å².